The lowest BCUT2D eigenvalue weighted by molar-refractivity contribution is -0.459. The van der Waals surface area contributed by atoms with Gasteiger partial charge in [-0.05, 0) is 31.2 Å². The van der Waals surface area contributed by atoms with Crippen LogP contribution in [0.1, 0.15) is 35.3 Å². The second kappa shape index (κ2) is 9.79. The Morgan fingerprint density at radius 3 is 1.52 bits per heavy atom. The number of anilines is 1. The number of alkyl halides is 17. The molecule has 0 atom stereocenters. The maximum absolute atomic E-state index is 14.2. The summed E-state index contributed by atoms with van der Waals surface area (Å²) >= 11 is 0.303. The largest absolute Gasteiger partial charge is 0.460 e. The summed E-state index contributed by atoms with van der Waals surface area (Å²) in [6, 6.07) is 1.39. The summed E-state index contributed by atoms with van der Waals surface area (Å²) < 4.78 is 228. The molecule has 40 heavy (non-hydrogen) atoms. The van der Waals surface area contributed by atoms with Crippen molar-refractivity contribution in [2.45, 2.75) is 79.7 Å². The monoisotopic (exact) mass is 638 g/mol. The number of rotatable bonds is 8. The molecule has 0 spiro atoms. The Bertz CT molecular complexity index is 1180. The molecule has 228 valence electrons. The van der Waals surface area contributed by atoms with Crippen LogP contribution in [0.2, 0.25) is 0 Å². The van der Waals surface area contributed by atoms with E-state index in [0.717, 1.165) is 5.32 Å². The number of aryl methyl sites for hydroxylation is 1. The van der Waals surface area contributed by atoms with E-state index in [-0.39, 0.29) is 23.3 Å². The number of nitriles is 1. The molecule has 1 heterocycles. The van der Waals surface area contributed by atoms with Gasteiger partial charge in [0.15, 0.2) is 0 Å². The minimum atomic E-state index is -8.78. The first-order valence-electron chi connectivity index (χ1n) is 10.3. The SMILES string of the molecule is N#Cc1c(NC(=O)C(F)(F)C(F)(F)C(F)(F)C(F)(F)C(F)(F)C(F)(F)C(F)(F)C(F)(F)F)sc2c1CCCCC2. The lowest BCUT2D eigenvalue weighted by atomic mass is 9.89. The average molecular weight is 638 g/mol. The third kappa shape index (κ3) is 4.53. The van der Waals surface area contributed by atoms with Gasteiger partial charge in [-0.3, -0.25) is 4.79 Å². The molecule has 0 aliphatic heterocycles. The number of fused-ring (bicyclic) bond motifs is 1. The summed E-state index contributed by atoms with van der Waals surface area (Å²) in [5.41, 5.74) is -0.508. The van der Waals surface area contributed by atoms with Crippen LogP contribution in [0.15, 0.2) is 0 Å². The van der Waals surface area contributed by atoms with Gasteiger partial charge in [-0.25, -0.2) is 0 Å². The Morgan fingerprint density at radius 1 is 0.650 bits per heavy atom. The lowest BCUT2D eigenvalue weighted by Crippen LogP contribution is -2.75. The minimum Gasteiger partial charge on any atom is -0.311 e. The van der Waals surface area contributed by atoms with Crippen LogP contribution in [0.3, 0.4) is 0 Å². The minimum absolute atomic E-state index is 0.0906. The predicted molar refractivity (Wildman–Crippen MR) is 99.6 cm³/mol. The van der Waals surface area contributed by atoms with Crippen molar-refractivity contribution < 1.29 is 79.4 Å². The van der Waals surface area contributed by atoms with Gasteiger partial charge in [0, 0.05) is 4.88 Å². The molecule has 0 radical (unpaired) electrons. The summed E-state index contributed by atoms with van der Waals surface area (Å²) in [4.78, 5) is 12.1. The van der Waals surface area contributed by atoms with Crippen LogP contribution >= 0.6 is 11.3 Å². The van der Waals surface area contributed by atoms with Crippen molar-refractivity contribution in [1.82, 2.24) is 0 Å². The topological polar surface area (TPSA) is 52.9 Å². The number of carbonyl (C=O) groups is 1. The fourth-order valence-corrected chi connectivity index (χ4v) is 4.67. The van der Waals surface area contributed by atoms with Crippen molar-refractivity contribution in [2.24, 2.45) is 0 Å². The zero-order valence-corrected chi connectivity index (χ0v) is 19.5. The highest BCUT2D eigenvalue weighted by molar-refractivity contribution is 7.16. The molecule has 2 rings (SSSR count). The maximum atomic E-state index is 14.2. The molecule has 1 aliphatic carbocycles. The molecule has 1 amide bonds. The molecule has 0 fully saturated rings. The van der Waals surface area contributed by atoms with Gasteiger partial charge in [-0.2, -0.15) is 79.9 Å². The van der Waals surface area contributed by atoms with E-state index in [1.165, 1.54) is 6.07 Å². The molecular weight excluding hydrogens is 627 g/mol. The zero-order valence-electron chi connectivity index (χ0n) is 18.7. The van der Waals surface area contributed by atoms with Gasteiger partial charge in [-0.15, -0.1) is 11.3 Å². The van der Waals surface area contributed by atoms with Crippen LogP contribution in [-0.2, 0) is 17.6 Å². The van der Waals surface area contributed by atoms with E-state index >= 15 is 0 Å². The number of nitrogens with zero attached hydrogens (tertiary/aromatic N) is 1. The number of hydrogen-bond donors (Lipinski definition) is 1. The summed E-state index contributed by atoms with van der Waals surface area (Å²) in [6.45, 7) is 0. The van der Waals surface area contributed by atoms with Crippen molar-refractivity contribution >= 4 is 22.2 Å². The van der Waals surface area contributed by atoms with E-state index in [9.17, 15) is 84.7 Å². The number of halogens is 17. The molecule has 0 bridgehead atoms. The standard InChI is InChI=1S/C19H11F17N2OS/c20-12(21,11(39)38-10-8(6-37)7-4-2-1-3-5-9(7)40-10)13(22,23)14(24,25)15(26,27)16(28,29)17(30,31)18(32,33)19(34,35)36/h1-5H2,(H,38,39). The number of hydrogen-bond acceptors (Lipinski definition) is 3. The smallest absolute Gasteiger partial charge is 0.311 e. The van der Waals surface area contributed by atoms with Crippen LogP contribution in [0.5, 0.6) is 0 Å². The normalized spacial score (nSPS) is 16.7. The van der Waals surface area contributed by atoms with Crippen LogP contribution in [0.4, 0.5) is 79.6 Å². The van der Waals surface area contributed by atoms with Gasteiger partial charge < -0.3 is 5.32 Å². The Hall–Kier alpha value is -2.53. The first kappa shape index (κ1) is 33.7. The molecule has 1 aromatic heterocycles. The predicted octanol–water partition coefficient (Wildman–Crippen LogP) is 7.84. The van der Waals surface area contributed by atoms with Crippen LogP contribution in [0.25, 0.3) is 0 Å². The first-order chi connectivity index (χ1) is 17.7. The Morgan fingerprint density at radius 2 is 1.07 bits per heavy atom. The van der Waals surface area contributed by atoms with E-state index in [1.807, 2.05) is 0 Å². The Kier molecular flexibility index (Phi) is 8.24. The van der Waals surface area contributed by atoms with Crippen LogP contribution in [0, 0.1) is 11.3 Å². The zero-order chi connectivity index (χ0) is 31.5. The highest BCUT2D eigenvalue weighted by atomic mass is 32.1. The molecule has 0 unspecified atom stereocenters. The number of carbonyl (C=O) groups excluding carboxylic acids is 1. The second-order valence-corrected chi connectivity index (χ2v) is 9.46. The molecule has 1 aliphatic rings. The molecule has 0 saturated carbocycles. The molecule has 0 aromatic carbocycles. The molecule has 21 heteroatoms. The third-order valence-electron chi connectivity index (χ3n) is 5.77. The molecule has 3 nitrogen and oxygen atoms in total. The quantitative estimate of drug-likeness (QED) is 0.233. The van der Waals surface area contributed by atoms with E-state index in [2.05, 4.69) is 0 Å². The van der Waals surface area contributed by atoms with Gasteiger partial charge in [0.2, 0.25) is 0 Å². The van der Waals surface area contributed by atoms with Crippen LogP contribution in [-0.4, -0.2) is 53.5 Å². The summed E-state index contributed by atoms with van der Waals surface area (Å²) in [6.07, 6.45) is -6.13. The summed E-state index contributed by atoms with van der Waals surface area (Å²) in [7, 11) is 0. The Balaban J connectivity index is 2.54. The lowest BCUT2D eigenvalue weighted by Gasteiger charge is -2.42. The van der Waals surface area contributed by atoms with E-state index in [4.69, 9.17) is 0 Å². The number of nitrogens with one attached hydrogen (secondary N) is 1. The summed E-state index contributed by atoms with van der Waals surface area (Å²) in [5.74, 6) is -62.1. The van der Waals surface area contributed by atoms with E-state index < -0.39 is 64.1 Å². The first-order valence-corrected chi connectivity index (χ1v) is 11.1. The third-order valence-corrected chi connectivity index (χ3v) is 6.97. The van der Waals surface area contributed by atoms with Gasteiger partial charge in [0.1, 0.15) is 11.1 Å². The average Bonchev–Trinajstić information content (AvgIpc) is 2.95. The highest BCUT2D eigenvalue weighted by Gasteiger charge is 2.95. The molecule has 1 aromatic rings. The van der Waals surface area contributed by atoms with Crippen LogP contribution < -0.4 is 5.32 Å². The van der Waals surface area contributed by atoms with Crippen molar-refractivity contribution in [1.29, 1.82) is 5.26 Å². The van der Waals surface area contributed by atoms with Crippen molar-refractivity contribution in [3.8, 4) is 6.07 Å². The molecule has 0 saturated heterocycles. The highest BCUT2D eigenvalue weighted by Crippen LogP contribution is 2.64. The fraction of sp³-hybridized carbons (Fsp3) is 0.684. The van der Waals surface area contributed by atoms with Crippen molar-refractivity contribution in [2.75, 3.05) is 5.32 Å². The van der Waals surface area contributed by atoms with Gasteiger partial charge in [0.05, 0.1) is 5.56 Å². The van der Waals surface area contributed by atoms with Crippen molar-refractivity contribution in [3.05, 3.63) is 16.0 Å². The van der Waals surface area contributed by atoms with E-state index in [1.54, 1.807) is 0 Å². The maximum Gasteiger partial charge on any atom is 0.460 e. The van der Waals surface area contributed by atoms with Gasteiger partial charge >= 0.3 is 53.5 Å². The second-order valence-electron chi connectivity index (χ2n) is 8.35. The molecule has 1 N–H and O–H groups in total. The number of thiophene rings is 1. The fourth-order valence-electron chi connectivity index (χ4n) is 3.44. The van der Waals surface area contributed by atoms with E-state index in [0.29, 0.717) is 30.6 Å². The number of amides is 1. The molecular formula is C19H11F17N2OS. The van der Waals surface area contributed by atoms with Gasteiger partial charge in [-0.1, -0.05) is 6.42 Å². The summed E-state index contributed by atoms with van der Waals surface area (Å²) in [5, 5.41) is 9.08. The van der Waals surface area contributed by atoms with Gasteiger partial charge in [0.25, 0.3) is 0 Å². The Labute approximate surface area is 214 Å². The van der Waals surface area contributed by atoms with Crippen molar-refractivity contribution in [3.63, 3.8) is 0 Å².